The molecule has 0 aliphatic carbocycles. The molecule has 1 saturated heterocycles. The fourth-order valence-electron chi connectivity index (χ4n) is 4.98. The van der Waals surface area contributed by atoms with Crippen LogP contribution < -0.4 is 4.74 Å². The van der Waals surface area contributed by atoms with Gasteiger partial charge in [-0.3, -0.25) is 9.48 Å². The van der Waals surface area contributed by atoms with Crippen molar-refractivity contribution in [2.45, 2.75) is 18.4 Å². The largest absolute Gasteiger partial charge is 0.482 e. The lowest BCUT2D eigenvalue weighted by molar-refractivity contribution is -0.00166. The van der Waals surface area contributed by atoms with Crippen LogP contribution in [0.2, 0.25) is 0 Å². The lowest BCUT2D eigenvalue weighted by Crippen LogP contribution is -2.49. The van der Waals surface area contributed by atoms with Crippen LogP contribution in [0, 0.1) is 0 Å². The maximum absolute atomic E-state index is 13.3. The number of rotatable bonds is 1. The molecule has 2 aromatic carbocycles. The first kappa shape index (κ1) is 17.3. The lowest BCUT2D eigenvalue weighted by Gasteiger charge is -2.44. The number of carbonyl (C=O) groups is 1. The van der Waals surface area contributed by atoms with Crippen molar-refractivity contribution in [2.75, 3.05) is 13.1 Å². The Labute approximate surface area is 174 Å². The minimum absolute atomic E-state index is 0.0699. The highest BCUT2D eigenvalue weighted by Crippen LogP contribution is 2.49. The second-order valence-electron chi connectivity index (χ2n) is 8.16. The molecule has 2 aliphatic rings. The van der Waals surface area contributed by atoms with Gasteiger partial charge in [0.05, 0.1) is 23.0 Å². The summed E-state index contributed by atoms with van der Waals surface area (Å²) in [6.45, 7) is 1.29. The van der Waals surface area contributed by atoms with Crippen LogP contribution in [-0.2, 0) is 12.6 Å². The molecule has 0 radical (unpaired) electrons. The predicted molar refractivity (Wildman–Crippen MR) is 114 cm³/mol. The summed E-state index contributed by atoms with van der Waals surface area (Å²) in [5, 5.41) is 5.59. The van der Waals surface area contributed by atoms with Crippen molar-refractivity contribution in [1.29, 1.82) is 0 Å². The number of aromatic nitrogens is 3. The van der Waals surface area contributed by atoms with Gasteiger partial charge < -0.3 is 14.6 Å². The topological polar surface area (TPSA) is 63.1 Å². The molecule has 2 aliphatic heterocycles. The van der Waals surface area contributed by atoms with E-state index in [1.54, 1.807) is 0 Å². The van der Waals surface area contributed by atoms with E-state index in [1.165, 1.54) is 0 Å². The predicted octanol–water partition coefficient (Wildman–Crippen LogP) is 4.09. The molecule has 1 fully saturated rings. The zero-order chi connectivity index (χ0) is 20.3. The highest BCUT2D eigenvalue weighted by atomic mass is 16.5. The summed E-state index contributed by atoms with van der Waals surface area (Å²) in [5.41, 5.74) is 4.52. The summed E-state index contributed by atoms with van der Waals surface area (Å²) in [7, 11) is 1.98. The third kappa shape index (κ3) is 2.36. The van der Waals surface area contributed by atoms with E-state index < -0.39 is 5.60 Å². The molecule has 0 unspecified atom stereocenters. The maximum Gasteiger partial charge on any atom is 0.255 e. The molecule has 150 valence electrons. The van der Waals surface area contributed by atoms with Crippen LogP contribution in [0.3, 0.4) is 0 Å². The lowest BCUT2D eigenvalue weighted by atomic mass is 9.81. The first-order valence-electron chi connectivity index (χ1n) is 10.3. The molecule has 4 heterocycles. The number of H-pyrrole nitrogens is 1. The van der Waals surface area contributed by atoms with Crippen LogP contribution >= 0.6 is 0 Å². The van der Waals surface area contributed by atoms with Gasteiger partial charge in [-0.05, 0) is 24.3 Å². The number of fused-ring (bicyclic) bond motifs is 5. The average Bonchev–Trinajstić information content (AvgIpc) is 3.41. The van der Waals surface area contributed by atoms with Gasteiger partial charge in [0.15, 0.2) is 0 Å². The van der Waals surface area contributed by atoms with Gasteiger partial charge in [-0.25, -0.2) is 0 Å². The van der Waals surface area contributed by atoms with Crippen molar-refractivity contribution in [1.82, 2.24) is 19.7 Å². The fraction of sp³-hybridized carbons (Fsp3) is 0.250. The number of hydrogen-bond donors (Lipinski definition) is 1. The Bertz CT molecular complexity index is 1280. The Morgan fingerprint density at radius 1 is 1.10 bits per heavy atom. The molecule has 0 bridgehead atoms. The van der Waals surface area contributed by atoms with Gasteiger partial charge >= 0.3 is 0 Å². The third-order valence-electron chi connectivity index (χ3n) is 6.55. The molecule has 1 amide bonds. The number of carbonyl (C=O) groups excluding carboxylic acids is 1. The van der Waals surface area contributed by atoms with Gasteiger partial charge in [0.2, 0.25) is 0 Å². The van der Waals surface area contributed by atoms with E-state index in [9.17, 15) is 4.79 Å². The van der Waals surface area contributed by atoms with E-state index in [0.717, 1.165) is 51.9 Å². The SMILES string of the molecule is Cn1ncc2c1-c1ccccc1OC21CCN(C(=O)c2cccc3cc[nH]c23)CC1. The summed E-state index contributed by atoms with van der Waals surface area (Å²) < 4.78 is 8.53. The van der Waals surface area contributed by atoms with E-state index in [4.69, 9.17) is 4.74 Å². The van der Waals surface area contributed by atoms with Gasteiger partial charge in [-0.2, -0.15) is 5.10 Å². The third-order valence-corrected chi connectivity index (χ3v) is 6.55. The van der Waals surface area contributed by atoms with Gasteiger partial charge in [0.1, 0.15) is 11.4 Å². The monoisotopic (exact) mass is 398 g/mol. The number of likely N-dealkylation sites (tertiary alicyclic amines) is 1. The van der Waals surface area contributed by atoms with E-state index in [-0.39, 0.29) is 5.91 Å². The van der Waals surface area contributed by atoms with E-state index in [0.29, 0.717) is 13.1 Å². The average molecular weight is 398 g/mol. The molecular weight excluding hydrogens is 376 g/mol. The van der Waals surface area contributed by atoms with Crippen LogP contribution in [0.25, 0.3) is 22.2 Å². The van der Waals surface area contributed by atoms with Crippen LogP contribution in [0.5, 0.6) is 5.75 Å². The first-order valence-corrected chi connectivity index (χ1v) is 10.3. The normalized spacial score (nSPS) is 16.9. The number of nitrogens with one attached hydrogen (secondary N) is 1. The Morgan fingerprint density at radius 2 is 1.93 bits per heavy atom. The Morgan fingerprint density at radius 3 is 2.80 bits per heavy atom. The number of amides is 1. The number of nitrogens with zero attached hydrogens (tertiary/aromatic N) is 3. The van der Waals surface area contributed by atoms with Crippen LogP contribution in [0.1, 0.15) is 28.8 Å². The van der Waals surface area contributed by atoms with Crippen molar-refractivity contribution in [3.63, 3.8) is 0 Å². The number of para-hydroxylation sites is 2. The van der Waals surface area contributed by atoms with Crippen molar-refractivity contribution in [2.24, 2.45) is 7.05 Å². The molecule has 30 heavy (non-hydrogen) atoms. The number of aromatic amines is 1. The first-order chi connectivity index (χ1) is 14.7. The molecule has 6 nitrogen and oxygen atoms in total. The van der Waals surface area contributed by atoms with Crippen LogP contribution in [0.15, 0.2) is 60.9 Å². The molecule has 6 rings (SSSR count). The number of ether oxygens (including phenoxy) is 1. The molecule has 1 N–H and O–H groups in total. The van der Waals surface area contributed by atoms with Crippen LogP contribution in [0.4, 0.5) is 0 Å². The van der Waals surface area contributed by atoms with E-state index >= 15 is 0 Å². The quantitative estimate of drug-likeness (QED) is 0.525. The van der Waals surface area contributed by atoms with Crippen molar-refractivity contribution in [3.8, 4) is 17.0 Å². The number of piperidine rings is 1. The van der Waals surface area contributed by atoms with Crippen molar-refractivity contribution in [3.05, 3.63) is 72.1 Å². The smallest absolute Gasteiger partial charge is 0.255 e. The van der Waals surface area contributed by atoms with Crippen molar-refractivity contribution < 1.29 is 9.53 Å². The Balaban J connectivity index is 1.32. The molecule has 6 heteroatoms. The highest BCUT2D eigenvalue weighted by molar-refractivity contribution is 6.05. The minimum atomic E-state index is -0.437. The molecule has 1 spiro atoms. The van der Waals surface area contributed by atoms with Crippen molar-refractivity contribution >= 4 is 16.8 Å². The zero-order valence-corrected chi connectivity index (χ0v) is 16.8. The maximum atomic E-state index is 13.3. The molecule has 2 aromatic heterocycles. The molecule has 0 saturated carbocycles. The second-order valence-corrected chi connectivity index (χ2v) is 8.16. The summed E-state index contributed by atoms with van der Waals surface area (Å²) in [6.07, 6.45) is 5.30. The Kier molecular flexibility index (Phi) is 3.60. The van der Waals surface area contributed by atoms with Gasteiger partial charge in [0.25, 0.3) is 5.91 Å². The summed E-state index contributed by atoms with van der Waals surface area (Å²) >= 11 is 0. The fourth-order valence-corrected chi connectivity index (χ4v) is 4.98. The highest BCUT2D eigenvalue weighted by Gasteiger charge is 2.45. The van der Waals surface area contributed by atoms with Gasteiger partial charge in [-0.15, -0.1) is 0 Å². The van der Waals surface area contributed by atoms with Gasteiger partial charge in [-0.1, -0.05) is 24.3 Å². The zero-order valence-electron chi connectivity index (χ0n) is 16.8. The molecular formula is C24H22N4O2. The standard InChI is InChI=1S/C24H22N4O2/c1-27-22-17-6-2-3-8-20(17)30-24(19(22)15-26-27)10-13-28(14-11-24)23(29)18-7-4-5-16-9-12-25-21(16)18/h2-9,12,15,25H,10-11,13-14H2,1H3. The minimum Gasteiger partial charge on any atom is -0.482 e. The van der Waals surface area contributed by atoms with E-state index in [1.807, 2.05) is 71.5 Å². The summed E-state index contributed by atoms with van der Waals surface area (Å²) in [5.74, 6) is 0.963. The van der Waals surface area contributed by atoms with E-state index in [2.05, 4.69) is 16.1 Å². The number of hydrogen-bond acceptors (Lipinski definition) is 3. The second kappa shape index (κ2) is 6.23. The number of benzene rings is 2. The summed E-state index contributed by atoms with van der Waals surface area (Å²) in [6, 6.07) is 16.0. The Hall–Kier alpha value is -3.54. The summed E-state index contributed by atoms with van der Waals surface area (Å²) in [4.78, 5) is 18.4. The number of aryl methyl sites for hydroxylation is 1. The van der Waals surface area contributed by atoms with Gasteiger partial charge in [0, 0.05) is 55.7 Å². The molecule has 0 atom stereocenters. The van der Waals surface area contributed by atoms with Crippen LogP contribution in [-0.4, -0.2) is 38.7 Å². The molecule has 4 aromatic rings.